The van der Waals surface area contributed by atoms with Gasteiger partial charge in [0.1, 0.15) is 5.75 Å². The topological polar surface area (TPSA) is 81.4 Å². The fourth-order valence-corrected chi connectivity index (χ4v) is 4.24. The molecule has 1 saturated carbocycles. The number of rotatable bonds is 7. The third kappa shape index (κ3) is 5.02. The summed E-state index contributed by atoms with van der Waals surface area (Å²) < 4.78 is 5.20. The van der Waals surface area contributed by atoms with Gasteiger partial charge in [-0.3, -0.25) is 9.59 Å². The standard InChI is InChI=1S/C20H22N2O3S/c21-19(23)13-25-15-11-9-14(10-12-15)20(24)22-17-7-3-4-8-18(17)26-16-5-1-2-6-16/h3-4,7-12,16H,1-2,5-6,13H2,(H2,21,23)(H,22,24). The lowest BCUT2D eigenvalue weighted by atomic mass is 10.2. The monoisotopic (exact) mass is 370 g/mol. The molecule has 0 aliphatic heterocycles. The normalized spacial score (nSPS) is 14.2. The number of anilines is 1. The predicted molar refractivity (Wildman–Crippen MR) is 104 cm³/mol. The van der Waals surface area contributed by atoms with Crippen LogP contribution in [0, 0.1) is 0 Å². The Kier molecular flexibility index (Phi) is 6.17. The molecule has 3 N–H and O–H groups in total. The van der Waals surface area contributed by atoms with E-state index in [1.54, 1.807) is 24.3 Å². The summed E-state index contributed by atoms with van der Waals surface area (Å²) >= 11 is 1.85. The molecule has 1 aliphatic rings. The van der Waals surface area contributed by atoms with Gasteiger partial charge in [-0.2, -0.15) is 0 Å². The number of para-hydroxylation sites is 1. The first-order valence-electron chi connectivity index (χ1n) is 8.70. The molecule has 136 valence electrons. The number of hydrogen-bond acceptors (Lipinski definition) is 4. The van der Waals surface area contributed by atoms with Crippen molar-refractivity contribution in [1.82, 2.24) is 0 Å². The number of ether oxygens (including phenoxy) is 1. The Morgan fingerprint density at radius 2 is 1.77 bits per heavy atom. The highest BCUT2D eigenvalue weighted by molar-refractivity contribution is 8.00. The van der Waals surface area contributed by atoms with Crippen LogP contribution in [0.2, 0.25) is 0 Å². The van der Waals surface area contributed by atoms with Gasteiger partial charge in [0.15, 0.2) is 6.61 Å². The van der Waals surface area contributed by atoms with E-state index in [4.69, 9.17) is 10.5 Å². The predicted octanol–water partition coefficient (Wildman–Crippen LogP) is 3.84. The summed E-state index contributed by atoms with van der Waals surface area (Å²) in [5, 5.41) is 3.63. The second-order valence-electron chi connectivity index (χ2n) is 6.25. The molecule has 0 aromatic heterocycles. The lowest BCUT2D eigenvalue weighted by Gasteiger charge is -2.14. The van der Waals surface area contributed by atoms with Crippen LogP contribution in [-0.4, -0.2) is 23.7 Å². The summed E-state index contributed by atoms with van der Waals surface area (Å²) in [6, 6.07) is 14.5. The van der Waals surface area contributed by atoms with Gasteiger partial charge in [0, 0.05) is 15.7 Å². The van der Waals surface area contributed by atoms with E-state index in [9.17, 15) is 9.59 Å². The molecule has 0 atom stereocenters. The molecule has 2 aromatic rings. The van der Waals surface area contributed by atoms with Crippen LogP contribution in [0.25, 0.3) is 0 Å². The molecule has 26 heavy (non-hydrogen) atoms. The smallest absolute Gasteiger partial charge is 0.255 e. The van der Waals surface area contributed by atoms with E-state index in [1.807, 2.05) is 30.0 Å². The first-order chi connectivity index (χ1) is 12.6. The molecule has 0 spiro atoms. The first kappa shape index (κ1) is 18.3. The zero-order valence-electron chi connectivity index (χ0n) is 14.4. The van der Waals surface area contributed by atoms with Crippen molar-refractivity contribution in [2.24, 2.45) is 5.73 Å². The molecule has 0 saturated heterocycles. The Balaban J connectivity index is 1.65. The Morgan fingerprint density at radius 3 is 2.46 bits per heavy atom. The van der Waals surface area contributed by atoms with Crippen molar-refractivity contribution >= 4 is 29.3 Å². The Hall–Kier alpha value is -2.47. The van der Waals surface area contributed by atoms with Gasteiger partial charge in [-0.25, -0.2) is 0 Å². The summed E-state index contributed by atoms with van der Waals surface area (Å²) in [5.74, 6) is -0.216. The quantitative estimate of drug-likeness (QED) is 0.776. The average Bonchev–Trinajstić information content (AvgIpc) is 3.15. The van der Waals surface area contributed by atoms with Crippen LogP contribution in [0.1, 0.15) is 36.0 Å². The fraction of sp³-hybridized carbons (Fsp3) is 0.300. The van der Waals surface area contributed by atoms with E-state index >= 15 is 0 Å². The van der Waals surface area contributed by atoms with Gasteiger partial charge in [-0.15, -0.1) is 11.8 Å². The van der Waals surface area contributed by atoms with Crippen LogP contribution >= 0.6 is 11.8 Å². The molecule has 0 bridgehead atoms. The highest BCUT2D eigenvalue weighted by Crippen LogP contribution is 2.38. The second kappa shape index (κ2) is 8.76. The third-order valence-electron chi connectivity index (χ3n) is 4.23. The maximum atomic E-state index is 12.5. The molecular weight excluding hydrogens is 348 g/mol. The fourth-order valence-electron chi connectivity index (χ4n) is 2.91. The van der Waals surface area contributed by atoms with Crippen molar-refractivity contribution in [3.8, 4) is 5.75 Å². The largest absolute Gasteiger partial charge is 0.484 e. The van der Waals surface area contributed by atoms with Crippen LogP contribution in [0.5, 0.6) is 5.75 Å². The molecule has 2 aromatic carbocycles. The van der Waals surface area contributed by atoms with Crippen LogP contribution in [-0.2, 0) is 4.79 Å². The molecule has 0 radical (unpaired) electrons. The number of amides is 2. The highest BCUT2D eigenvalue weighted by atomic mass is 32.2. The summed E-state index contributed by atoms with van der Waals surface area (Å²) in [5.41, 5.74) is 6.41. The van der Waals surface area contributed by atoms with E-state index < -0.39 is 5.91 Å². The summed E-state index contributed by atoms with van der Waals surface area (Å²) in [7, 11) is 0. The van der Waals surface area contributed by atoms with Crippen LogP contribution in [0.4, 0.5) is 5.69 Å². The van der Waals surface area contributed by atoms with Crippen molar-refractivity contribution in [1.29, 1.82) is 0 Å². The number of benzene rings is 2. The van der Waals surface area contributed by atoms with Crippen molar-refractivity contribution < 1.29 is 14.3 Å². The number of carbonyl (C=O) groups is 2. The van der Waals surface area contributed by atoms with Gasteiger partial charge in [-0.05, 0) is 49.2 Å². The van der Waals surface area contributed by atoms with Gasteiger partial charge >= 0.3 is 0 Å². The molecule has 6 heteroatoms. The molecule has 1 aliphatic carbocycles. The summed E-state index contributed by atoms with van der Waals surface area (Å²) in [6.07, 6.45) is 5.05. The van der Waals surface area contributed by atoms with E-state index in [0.29, 0.717) is 16.6 Å². The van der Waals surface area contributed by atoms with Crippen molar-refractivity contribution in [2.45, 2.75) is 35.8 Å². The average molecular weight is 370 g/mol. The Morgan fingerprint density at radius 1 is 1.08 bits per heavy atom. The van der Waals surface area contributed by atoms with Crippen molar-refractivity contribution in [2.75, 3.05) is 11.9 Å². The zero-order chi connectivity index (χ0) is 18.4. The molecular formula is C20H22N2O3S. The van der Waals surface area contributed by atoms with Gasteiger partial charge in [-0.1, -0.05) is 25.0 Å². The minimum absolute atomic E-state index is 0.175. The highest BCUT2D eigenvalue weighted by Gasteiger charge is 2.18. The molecule has 0 unspecified atom stereocenters. The number of carbonyl (C=O) groups excluding carboxylic acids is 2. The van der Waals surface area contributed by atoms with Gasteiger partial charge in [0.2, 0.25) is 0 Å². The maximum Gasteiger partial charge on any atom is 0.255 e. The number of nitrogens with two attached hydrogens (primary N) is 1. The van der Waals surface area contributed by atoms with Gasteiger partial charge in [0.05, 0.1) is 5.69 Å². The number of thioether (sulfide) groups is 1. The third-order valence-corrected chi connectivity index (χ3v) is 5.64. The van der Waals surface area contributed by atoms with Crippen LogP contribution in [0.15, 0.2) is 53.4 Å². The summed E-state index contributed by atoms with van der Waals surface area (Å²) in [4.78, 5) is 24.4. The number of hydrogen-bond donors (Lipinski definition) is 2. The van der Waals surface area contributed by atoms with Crippen molar-refractivity contribution in [3.05, 3.63) is 54.1 Å². The van der Waals surface area contributed by atoms with E-state index in [-0.39, 0.29) is 12.5 Å². The van der Waals surface area contributed by atoms with E-state index in [0.717, 1.165) is 10.6 Å². The minimum atomic E-state index is -0.539. The van der Waals surface area contributed by atoms with Gasteiger partial charge < -0.3 is 15.8 Å². The van der Waals surface area contributed by atoms with Gasteiger partial charge in [0.25, 0.3) is 11.8 Å². The Labute approximate surface area is 157 Å². The Bertz CT molecular complexity index is 771. The van der Waals surface area contributed by atoms with Crippen molar-refractivity contribution in [3.63, 3.8) is 0 Å². The van der Waals surface area contributed by atoms with Crippen LogP contribution < -0.4 is 15.8 Å². The SMILES string of the molecule is NC(=O)COc1ccc(C(=O)Nc2ccccc2SC2CCCC2)cc1. The summed E-state index contributed by atoms with van der Waals surface area (Å²) in [6.45, 7) is -0.183. The molecule has 1 fully saturated rings. The molecule has 2 amide bonds. The lowest BCUT2D eigenvalue weighted by Crippen LogP contribution is -2.20. The van der Waals surface area contributed by atoms with E-state index in [2.05, 4.69) is 11.4 Å². The minimum Gasteiger partial charge on any atom is -0.484 e. The maximum absolute atomic E-state index is 12.5. The zero-order valence-corrected chi connectivity index (χ0v) is 15.3. The van der Waals surface area contributed by atoms with Crippen LogP contribution in [0.3, 0.4) is 0 Å². The first-order valence-corrected chi connectivity index (χ1v) is 9.58. The number of nitrogens with one attached hydrogen (secondary N) is 1. The molecule has 3 rings (SSSR count). The van der Waals surface area contributed by atoms with E-state index in [1.165, 1.54) is 25.7 Å². The lowest BCUT2D eigenvalue weighted by molar-refractivity contribution is -0.119. The second-order valence-corrected chi connectivity index (χ2v) is 7.60. The molecule has 5 nitrogen and oxygen atoms in total. The molecule has 0 heterocycles. The number of primary amides is 1.